The molecule has 0 aliphatic rings. The molecule has 0 bridgehead atoms. The lowest BCUT2D eigenvalue weighted by molar-refractivity contribution is -0.0236. The number of hydrogen-bond acceptors (Lipinski definition) is 5. The van der Waals surface area contributed by atoms with Crippen LogP contribution >= 0.6 is 0 Å². The normalized spacial score (nSPS) is 14.8. The number of aromatic amines is 2. The summed E-state index contributed by atoms with van der Waals surface area (Å²) in [5.41, 5.74) is 1.70. The first-order chi connectivity index (χ1) is 8.63. The van der Waals surface area contributed by atoms with E-state index in [0.29, 0.717) is 17.6 Å². The Morgan fingerprint density at radius 2 is 2.33 bits per heavy atom. The third-order valence-corrected chi connectivity index (χ3v) is 2.73. The molecule has 0 spiro atoms. The second-order valence-corrected chi connectivity index (χ2v) is 4.05. The lowest BCUT2D eigenvalue weighted by Gasteiger charge is -2.19. The van der Waals surface area contributed by atoms with Crippen LogP contribution in [0.25, 0.3) is 11.0 Å². The van der Waals surface area contributed by atoms with Crippen LogP contribution < -0.4 is 10.9 Å². The first-order valence-corrected chi connectivity index (χ1v) is 5.61. The Kier molecular flexibility index (Phi) is 3.75. The van der Waals surface area contributed by atoms with E-state index in [1.165, 1.54) is 13.4 Å². The van der Waals surface area contributed by atoms with E-state index in [9.17, 15) is 9.90 Å². The van der Waals surface area contributed by atoms with Crippen molar-refractivity contribution in [2.45, 2.75) is 25.8 Å². The molecule has 4 N–H and O–H groups in total. The maximum atomic E-state index is 11.5. The highest BCUT2D eigenvalue weighted by atomic mass is 16.5. The van der Waals surface area contributed by atoms with Gasteiger partial charge in [0.05, 0.1) is 17.9 Å². The molecule has 2 aromatic heterocycles. The van der Waals surface area contributed by atoms with Gasteiger partial charge in [0, 0.05) is 25.4 Å². The molecule has 0 radical (unpaired) electrons. The van der Waals surface area contributed by atoms with Crippen molar-refractivity contribution in [1.29, 1.82) is 0 Å². The van der Waals surface area contributed by atoms with Crippen molar-refractivity contribution >= 4 is 11.0 Å². The number of methoxy groups -OCH3 is 1. The zero-order valence-electron chi connectivity index (χ0n) is 10.2. The number of nitrogens with zero attached hydrogens (tertiary/aromatic N) is 1. The molecule has 2 rings (SSSR count). The van der Waals surface area contributed by atoms with E-state index in [1.807, 2.05) is 0 Å². The number of H-pyrrole nitrogens is 2. The highest BCUT2D eigenvalue weighted by molar-refractivity contribution is 5.77. The topological polar surface area (TPSA) is 103 Å². The minimum absolute atomic E-state index is 0.204. The van der Waals surface area contributed by atoms with E-state index >= 15 is 0 Å². The van der Waals surface area contributed by atoms with Crippen LogP contribution in [0.1, 0.15) is 12.5 Å². The van der Waals surface area contributed by atoms with Gasteiger partial charge in [0.15, 0.2) is 0 Å². The Balaban J connectivity index is 2.18. The fourth-order valence-corrected chi connectivity index (χ4v) is 1.80. The Morgan fingerprint density at radius 3 is 3.00 bits per heavy atom. The average molecular weight is 252 g/mol. The minimum atomic E-state index is -0.628. The molecule has 0 aromatic carbocycles. The van der Waals surface area contributed by atoms with Gasteiger partial charge in [-0.15, -0.1) is 0 Å². The van der Waals surface area contributed by atoms with Crippen LogP contribution in [0.5, 0.6) is 0 Å². The molecule has 0 unspecified atom stereocenters. The molecular weight excluding hydrogens is 236 g/mol. The molecule has 0 amide bonds. The average Bonchev–Trinajstić information content (AvgIpc) is 2.74. The van der Waals surface area contributed by atoms with Crippen molar-refractivity contribution in [3.8, 4) is 0 Å². The number of aliphatic hydroxyl groups is 1. The van der Waals surface area contributed by atoms with Gasteiger partial charge in [-0.2, -0.15) is 0 Å². The van der Waals surface area contributed by atoms with Gasteiger partial charge in [-0.05, 0) is 6.92 Å². The van der Waals surface area contributed by atoms with Crippen molar-refractivity contribution in [3.63, 3.8) is 0 Å². The van der Waals surface area contributed by atoms with Gasteiger partial charge in [0.2, 0.25) is 0 Å². The van der Waals surface area contributed by atoms with Gasteiger partial charge < -0.3 is 19.8 Å². The van der Waals surface area contributed by atoms with E-state index in [-0.39, 0.29) is 5.56 Å². The number of ether oxygens (including phenoxy) is 1. The van der Waals surface area contributed by atoms with Crippen molar-refractivity contribution in [2.24, 2.45) is 0 Å². The molecule has 7 nitrogen and oxygen atoms in total. The molecule has 7 heteroatoms. The van der Waals surface area contributed by atoms with Crippen LogP contribution in [-0.4, -0.2) is 39.5 Å². The first kappa shape index (κ1) is 12.7. The van der Waals surface area contributed by atoms with Gasteiger partial charge in [0.1, 0.15) is 11.7 Å². The Labute approximate surface area is 103 Å². The summed E-state index contributed by atoms with van der Waals surface area (Å²) in [5, 5.41) is 12.5. The number of fused-ring (bicyclic) bond motifs is 1. The molecule has 0 fully saturated rings. The summed E-state index contributed by atoms with van der Waals surface area (Å²) in [4.78, 5) is 21.0. The third-order valence-electron chi connectivity index (χ3n) is 2.73. The number of aliphatic hydroxyl groups excluding tert-OH is 1. The van der Waals surface area contributed by atoms with E-state index in [1.54, 1.807) is 13.1 Å². The zero-order chi connectivity index (χ0) is 13.1. The smallest absolute Gasteiger partial charge is 0.275 e. The molecule has 0 aliphatic heterocycles. The van der Waals surface area contributed by atoms with Crippen molar-refractivity contribution in [2.75, 3.05) is 7.11 Å². The van der Waals surface area contributed by atoms with E-state index in [4.69, 9.17) is 4.74 Å². The van der Waals surface area contributed by atoms with E-state index < -0.39 is 12.3 Å². The van der Waals surface area contributed by atoms with Crippen LogP contribution in [0.3, 0.4) is 0 Å². The lowest BCUT2D eigenvalue weighted by atomic mass is 10.2. The molecular formula is C11H16N4O3. The fraction of sp³-hybridized carbons (Fsp3) is 0.455. The monoisotopic (exact) mass is 252 g/mol. The van der Waals surface area contributed by atoms with Gasteiger partial charge in [-0.3, -0.25) is 10.1 Å². The standard InChI is InChI=1S/C11H16N4O3/c1-6(16)11(18-2)13-4-7-3-12-9-8(7)14-5-15-10(9)17/h3,5-6,11-13,16H,4H2,1-2H3,(H,14,15,17)/t6-,11+/m0/s1. The Morgan fingerprint density at radius 1 is 1.56 bits per heavy atom. The second-order valence-electron chi connectivity index (χ2n) is 4.05. The van der Waals surface area contributed by atoms with Crippen molar-refractivity contribution < 1.29 is 9.84 Å². The molecule has 2 aromatic rings. The Bertz CT molecular complexity index is 575. The molecule has 18 heavy (non-hydrogen) atoms. The summed E-state index contributed by atoms with van der Waals surface area (Å²) in [5.74, 6) is 0. The largest absolute Gasteiger partial charge is 0.389 e. The van der Waals surface area contributed by atoms with Gasteiger partial charge in [0.25, 0.3) is 5.56 Å². The van der Waals surface area contributed by atoms with Crippen LogP contribution in [0, 0.1) is 0 Å². The maximum Gasteiger partial charge on any atom is 0.275 e. The quantitative estimate of drug-likeness (QED) is 0.547. The van der Waals surface area contributed by atoms with Crippen molar-refractivity contribution in [1.82, 2.24) is 20.3 Å². The molecule has 98 valence electrons. The zero-order valence-corrected chi connectivity index (χ0v) is 10.2. The minimum Gasteiger partial charge on any atom is -0.389 e. The fourth-order valence-electron chi connectivity index (χ4n) is 1.80. The predicted molar refractivity (Wildman–Crippen MR) is 66.0 cm³/mol. The first-order valence-electron chi connectivity index (χ1n) is 5.61. The predicted octanol–water partition coefficient (Wildman–Crippen LogP) is -0.306. The number of aromatic nitrogens is 3. The van der Waals surface area contributed by atoms with Gasteiger partial charge in [-0.25, -0.2) is 4.98 Å². The van der Waals surface area contributed by atoms with Crippen LogP contribution in [0.4, 0.5) is 0 Å². The number of nitrogens with one attached hydrogen (secondary N) is 3. The third kappa shape index (κ3) is 2.42. The molecule has 2 atom stereocenters. The van der Waals surface area contributed by atoms with E-state index in [0.717, 1.165) is 5.56 Å². The number of rotatable bonds is 5. The van der Waals surface area contributed by atoms with Crippen LogP contribution in [-0.2, 0) is 11.3 Å². The van der Waals surface area contributed by atoms with Crippen LogP contribution in [0.15, 0.2) is 17.3 Å². The highest BCUT2D eigenvalue weighted by Crippen LogP contribution is 2.11. The summed E-state index contributed by atoms with van der Waals surface area (Å²) in [6, 6.07) is 0. The molecule has 2 heterocycles. The van der Waals surface area contributed by atoms with Crippen molar-refractivity contribution in [3.05, 3.63) is 28.4 Å². The summed E-state index contributed by atoms with van der Waals surface area (Å²) in [6.07, 6.45) is 1.99. The van der Waals surface area contributed by atoms with Gasteiger partial charge >= 0.3 is 0 Å². The summed E-state index contributed by atoms with van der Waals surface area (Å²) < 4.78 is 5.09. The SMILES string of the molecule is CO[C@@H](NCc1c[nH]c2c(=O)[nH]cnc12)[C@H](C)O. The summed E-state index contributed by atoms with van der Waals surface area (Å²) in [7, 11) is 1.52. The molecule has 0 saturated carbocycles. The van der Waals surface area contributed by atoms with E-state index in [2.05, 4.69) is 20.3 Å². The maximum absolute atomic E-state index is 11.5. The summed E-state index contributed by atoms with van der Waals surface area (Å²) in [6.45, 7) is 2.08. The Hall–Kier alpha value is -1.70. The second kappa shape index (κ2) is 5.30. The molecule has 0 aliphatic carbocycles. The van der Waals surface area contributed by atoms with Gasteiger partial charge in [-0.1, -0.05) is 0 Å². The molecule has 0 saturated heterocycles. The van der Waals surface area contributed by atoms with Crippen LogP contribution in [0.2, 0.25) is 0 Å². The number of hydrogen-bond donors (Lipinski definition) is 4. The summed E-state index contributed by atoms with van der Waals surface area (Å²) >= 11 is 0. The highest BCUT2D eigenvalue weighted by Gasteiger charge is 2.14. The lowest BCUT2D eigenvalue weighted by Crippen LogP contribution is -2.39.